The molecule has 0 bridgehead atoms. The van der Waals surface area contributed by atoms with E-state index in [0.29, 0.717) is 23.3 Å². The molecule has 0 heterocycles. The number of hydrogen-bond donors (Lipinski definition) is 7. The molecule has 0 unspecified atom stereocenters. The molecule has 0 saturated carbocycles. The number of nitrogens with zero attached hydrogens (tertiary/aromatic N) is 1. The Labute approximate surface area is 281 Å². The fourth-order valence-corrected chi connectivity index (χ4v) is 5.56. The van der Waals surface area contributed by atoms with Crippen molar-refractivity contribution in [1.82, 2.24) is 15.5 Å². The van der Waals surface area contributed by atoms with Gasteiger partial charge in [-0.25, -0.2) is 4.79 Å². The molecule has 0 spiro atoms. The number of aliphatic carboxylic acids is 1. The number of benzene rings is 2. The number of amides is 3. The van der Waals surface area contributed by atoms with Crippen LogP contribution in [0.25, 0.3) is 0 Å². The van der Waals surface area contributed by atoms with Gasteiger partial charge in [-0.15, -0.1) is 0 Å². The molecule has 0 aliphatic rings. The summed E-state index contributed by atoms with van der Waals surface area (Å²) in [5, 5.41) is 45.1. The summed E-state index contributed by atoms with van der Waals surface area (Å²) in [6.45, 7) is 2.11. The van der Waals surface area contributed by atoms with Crippen LogP contribution in [0.2, 0.25) is 0 Å². The Morgan fingerprint density at radius 1 is 0.809 bits per heavy atom. The number of rotatable bonds is 21. The summed E-state index contributed by atoms with van der Waals surface area (Å²) in [6.07, 6.45) is 5.85. The van der Waals surface area contributed by atoms with Gasteiger partial charge >= 0.3 is 5.97 Å². The molecule has 260 valence electrons. The van der Waals surface area contributed by atoms with Crippen molar-refractivity contribution in [3.8, 4) is 11.5 Å². The first-order valence-electron chi connectivity index (χ1n) is 16.0. The predicted molar refractivity (Wildman–Crippen MR) is 182 cm³/mol. The Morgan fingerprint density at radius 3 is 1.83 bits per heavy atom. The Bertz CT molecular complexity index is 1280. The minimum Gasteiger partial charge on any atom is -0.508 e. The maximum Gasteiger partial charge on any atom is 0.326 e. The molecule has 12 nitrogen and oxygen atoms in total. The lowest BCUT2D eigenvalue weighted by Crippen LogP contribution is -2.58. The van der Waals surface area contributed by atoms with E-state index in [1.807, 2.05) is 6.26 Å². The van der Waals surface area contributed by atoms with Crippen LogP contribution in [0.1, 0.15) is 63.0 Å². The van der Waals surface area contributed by atoms with E-state index in [9.17, 15) is 39.6 Å². The maximum absolute atomic E-state index is 13.8. The Kier molecular flexibility index (Phi) is 17.1. The smallest absolute Gasteiger partial charge is 0.326 e. The third-order valence-electron chi connectivity index (χ3n) is 8.01. The number of phenolic OH excluding ortho intramolecular Hbond substituents is 2. The second kappa shape index (κ2) is 20.4. The molecule has 0 aromatic heterocycles. The number of carbonyl (C=O) groups is 4. The summed E-state index contributed by atoms with van der Waals surface area (Å²) >= 11 is 1.46. The summed E-state index contributed by atoms with van der Waals surface area (Å²) < 4.78 is 0. The van der Waals surface area contributed by atoms with Gasteiger partial charge in [0.2, 0.25) is 11.8 Å². The fraction of sp³-hybridized carbons (Fsp3) is 0.529. The highest BCUT2D eigenvalue weighted by Gasteiger charge is 2.35. The third-order valence-corrected chi connectivity index (χ3v) is 8.66. The molecule has 0 fully saturated rings. The van der Waals surface area contributed by atoms with Gasteiger partial charge in [-0.1, -0.05) is 63.3 Å². The molecule has 5 atom stereocenters. The van der Waals surface area contributed by atoms with E-state index >= 15 is 0 Å². The molecule has 13 heteroatoms. The Hall–Kier alpha value is -3.81. The van der Waals surface area contributed by atoms with Gasteiger partial charge in [0.05, 0.1) is 0 Å². The number of carboxylic acid groups (broad SMARTS) is 1. The Morgan fingerprint density at radius 2 is 1.32 bits per heavy atom. The SMILES string of the molecule is CCCCCCC[C@H](N)[C@H](O)C(=O)N(C)[C@@H](CCSC)C(=O)N[C@@H](Cc1ccc(O)cc1)C(=O)N[C@@H](Cc1ccc(O)cc1)C(=O)O. The minimum atomic E-state index is -1.51. The van der Waals surface area contributed by atoms with Crippen molar-refractivity contribution in [3.05, 3.63) is 59.7 Å². The number of aliphatic hydroxyl groups excluding tert-OH is 1. The number of hydrogen-bond acceptors (Lipinski definition) is 9. The summed E-state index contributed by atoms with van der Waals surface area (Å²) in [7, 11) is 1.41. The van der Waals surface area contributed by atoms with Crippen LogP contribution in [0.4, 0.5) is 0 Å². The molecule has 0 saturated heterocycles. The van der Waals surface area contributed by atoms with E-state index in [0.717, 1.165) is 37.0 Å². The van der Waals surface area contributed by atoms with Gasteiger partial charge in [-0.2, -0.15) is 11.8 Å². The van der Waals surface area contributed by atoms with Crippen LogP contribution in [0, 0.1) is 0 Å². The summed E-state index contributed by atoms with van der Waals surface area (Å²) in [5.41, 5.74) is 7.31. The maximum atomic E-state index is 13.8. The van der Waals surface area contributed by atoms with Gasteiger partial charge in [0.25, 0.3) is 5.91 Å². The zero-order valence-electron chi connectivity index (χ0n) is 27.4. The van der Waals surface area contributed by atoms with Gasteiger partial charge in [-0.3, -0.25) is 14.4 Å². The minimum absolute atomic E-state index is 0.00798. The molecular formula is C34H50N4O8S. The lowest BCUT2D eigenvalue weighted by molar-refractivity contribution is -0.147. The van der Waals surface area contributed by atoms with E-state index in [2.05, 4.69) is 17.6 Å². The molecule has 0 aliphatic carbocycles. The molecule has 3 amide bonds. The van der Waals surface area contributed by atoms with Gasteiger partial charge < -0.3 is 41.7 Å². The molecular weight excluding hydrogens is 624 g/mol. The van der Waals surface area contributed by atoms with E-state index in [1.54, 1.807) is 24.3 Å². The van der Waals surface area contributed by atoms with E-state index in [1.165, 1.54) is 43.1 Å². The number of carboxylic acids is 1. The van der Waals surface area contributed by atoms with E-state index < -0.39 is 54.0 Å². The molecule has 2 rings (SSSR count). The van der Waals surface area contributed by atoms with Crippen LogP contribution in [-0.2, 0) is 32.0 Å². The largest absolute Gasteiger partial charge is 0.508 e. The second-order valence-corrected chi connectivity index (χ2v) is 12.7. The van der Waals surface area contributed by atoms with Crippen molar-refractivity contribution in [3.63, 3.8) is 0 Å². The highest BCUT2D eigenvalue weighted by molar-refractivity contribution is 7.98. The van der Waals surface area contributed by atoms with Gasteiger partial charge in [0, 0.05) is 25.9 Å². The molecule has 0 radical (unpaired) electrons. The lowest BCUT2D eigenvalue weighted by Gasteiger charge is -2.32. The molecule has 8 N–H and O–H groups in total. The van der Waals surface area contributed by atoms with Gasteiger partial charge in [-0.05, 0) is 60.2 Å². The van der Waals surface area contributed by atoms with Crippen LogP contribution in [0.3, 0.4) is 0 Å². The van der Waals surface area contributed by atoms with Crippen molar-refractivity contribution in [2.24, 2.45) is 5.73 Å². The van der Waals surface area contributed by atoms with Crippen molar-refractivity contribution in [1.29, 1.82) is 0 Å². The number of thioether (sulfide) groups is 1. The monoisotopic (exact) mass is 674 g/mol. The predicted octanol–water partition coefficient (Wildman–Crippen LogP) is 2.57. The van der Waals surface area contributed by atoms with E-state index in [4.69, 9.17) is 5.73 Å². The van der Waals surface area contributed by atoms with Crippen molar-refractivity contribution in [2.45, 2.75) is 95.0 Å². The molecule has 2 aromatic rings. The molecule has 0 aliphatic heterocycles. The summed E-state index contributed by atoms with van der Waals surface area (Å²) in [6, 6.07) is 7.48. The number of likely N-dealkylation sites (N-methyl/N-ethyl adjacent to an activating group) is 1. The summed E-state index contributed by atoms with van der Waals surface area (Å²) in [4.78, 5) is 53.9. The van der Waals surface area contributed by atoms with Gasteiger partial charge in [0.15, 0.2) is 0 Å². The van der Waals surface area contributed by atoms with Crippen molar-refractivity contribution < 1.29 is 39.6 Å². The summed E-state index contributed by atoms with van der Waals surface area (Å²) in [5.74, 6) is -2.89. The zero-order valence-corrected chi connectivity index (χ0v) is 28.2. The fourth-order valence-electron chi connectivity index (χ4n) is 5.10. The standard InChI is InChI=1S/C34H50N4O8S/c1-4-5-6-7-8-9-26(35)30(41)33(44)38(2)29(18-19-47-3)32(43)36-27(20-22-10-14-24(39)15-11-22)31(42)37-28(34(45)46)21-23-12-16-25(40)17-13-23/h10-17,26-30,39-41H,4-9,18-21,35H2,1-3H3,(H,36,43)(H,37,42)(H,45,46)/t26-,27-,28-,29-,30-/m0/s1. The van der Waals surface area contributed by atoms with E-state index in [-0.39, 0.29) is 30.8 Å². The third kappa shape index (κ3) is 13.4. The number of aromatic hydroxyl groups is 2. The van der Waals surface area contributed by atoms with Gasteiger partial charge in [0.1, 0.15) is 35.7 Å². The van der Waals surface area contributed by atoms with Crippen molar-refractivity contribution in [2.75, 3.05) is 19.1 Å². The average Bonchev–Trinajstić information content (AvgIpc) is 3.05. The van der Waals surface area contributed by atoms with Crippen LogP contribution in [0.5, 0.6) is 11.5 Å². The van der Waals surface area contributed by atoms with Crippen molar-refractivity contribution >= 4 is 35.5 Å². The number of carbonyl (C=O) groups excluding carboxylic acids is 3. The Balaban J connectivity index is 2.25. The zero-order chi connectivity index (χ0) is 34.9. The normalized spacial score (nSPS) is 14.3. The first-order chi connectivity index (χ1) is 22.4. The van der Waals surface area contributed by atoms with Crippen LogP contribution >= 0.6 is 11.8 Å². The molecule has 2 aromatic carbocycles. The molecule has 47 heavy (non-hydrogen) atoms. The number of aliphatic hydroxyl groups is 1. The quantitative estimate of drug-likeness (QED) is 0.0965. The number of nitrogens with one attached hydrogen (secondary N) is 2. The number of unbranched alkanes of at least 4 members (excludes halogenated alkanes) is 4. The highest BCUT2D eigenvalue weighted by atomic mass is 32.2. The number of phenols is 2. The lowest BCUT2D eigenvalue weighted by atomic mass is 10.0. The van der Waals surface area contributed by atoms with Crippen LogP contribution in [-0.4, -0.2) is 98.3 Å². The average molecular weight is 675 g/mol. The van der Waals surface area contributed by atoms with Crippen LogP contribution in [0.15, 0.2) is 48.5 Å². The topological polar surface area (TPSA) is 203 Å². The number of nitrogens with two attached hydrogens (primary N) is 1. The van der Waals surface area contributed by atoms with Crippen LogP contribution < -0.4 is 16.4 Å². The second-order valence-electron chi connectivity index (χ2n) is 11.8. The first kappa shape index (κ1) is 39.4. The highest BCUT2D eigenvalue weighted by Crippen LogP contribution is 2.16. The first-order valence-corrected chi connectivity index (χ1v) is 17.4.